The van der Waals surface area contributed by atoms with Crippen molar-refractivity contribution in [2.45, 2.75) is 24.3 Å². The van der Waals surface area contributed by atoms with Gasteiger partial charge in [0, 0.05) is 13.3 Å². The van der Waals surface area contributed by atoms with Crippen LogP contribution in [-0.4, -0.2) is 32.7 Å². The molecule has 17 heavy (non-hydrogen) atoms. The number of hydrogen-bond acceptors (Lipinski definition) is 5. The Morgan fingerprint density at radius 3 is 2.59 bits per heavy atom. The minimum atomic E-state index is -3.60. The molecule has 1 heterocycles. The van der Waals surface area contributed by atoms with E-state index in [4.69, 9.17) is 10.5 Å². The third-order valence-electron chi connectivity index (χ3n) is 1.99. The lowest BCUT2D eigenvalue weighted by Gasteiger charge is -2.24. The van der Waals surface area contributed by atoms with E-state index in [0.717, 1.165) is 0 Å². The maximum absolute atomic E-state index is 12.0. The zero-order chi connectivity index (χ0) is 13.1. The van der Waals surface area contributed by atoms with Crippen LogP contribution in [-0.2, 0) is 14.8 Å². The average Bonchev–Trinajstić information content (AvgIpc) is 2.16. The SMILES string of the molecule is COCC(C)(C)NS(=O)(=O)c1ccc(N)nc1. The van der Waals surface area contributed by atoms with E-state index in [1.165, 1.54) is 25.4 Å². The highest BCUT2D eigenvalue weighted by molar-refractivity contribution is 7.89. The van der Waals surface area contributed by atoms with Crippen LogP contribution in [0.25, 0.3) is 0 Å². The Balaban J connectivity index is 2.93. The van der Waals surface area contributed by atoms with Gasteiger partial charge in [-0.3, -0.25) is 0 Å². The Labute approximate surface area is 101 Å². The van der Waals surface area contributed by atoms with Crippen molar-refractivity contribution in [1.29, 1.82) is 0 Å². The monoisotopic (exact) mass is 259 g/mol. The molecule has 96 valence electrons. The van der Waals surface area contributed by atoms with Crippen molar-refractivity contribution in [3.05, 3.63) is 18.3 Å². The van der Waals surface area contributed by atoms with Gasteiger partial charge in [-0.05, 0) is 26.0 Å². The minimum Gasteiger partial charge on any atom is -0.384 e. The molecule has 0 aliphatic carbocycles. The smallest absolute Gasteiger partial charge is 0.242 e. The number of sulfonamides is 1. The lowest BCUT2D eigenvalue weighted by Crippen LogP contribution is -2.46. The number of ether oxygens (including phenoxy) is 1. The lowest BCUT2D eigenvalue weighted by molar-refractivity contribution is 0.141. The first-order chi connectivity index (χ1) is 7.77. The summed E-state index contributed by atoms with van der Waals surface area (Å²) in [6.45, 7) is 3.74. The standard InChI is InChI=1S/C10H17N3O3S/c1-10(2,7-16-3)13-17(14,15)8-4-5-9(11)12-6-8/h4-6,13H,7H2,1-3H3,(H2,11,12). The van der Waals surface area contributed by atoms with E-state index < -0.39 is 15.6 Å². The van der Waals surface area contributed by atoms with Crippen LogP contribution in [0.4, 0.5) is 5.82 Å². The maximum Gasteiger partial charge on any atom is 0.242 e. The molecule has 0 radical (unpaired) electrons. The average molecular weight is 259 g/mol. The number of nitrogen functional groups attached to an aromatic ring is 1. The molecule has 0 fully saturated rings. The molecule has 0 spiro atoms. The van der Waals surface area contributed by atoms with Crippen LogP contribution >= 0.6 is 0 Å². The highest BCUT2D eigenvalue weighted by Gasteiger charge is 2.26. The van der Waals surface area contributed by atoms with Gasteiger partial charge in [0.15, 0.2) is 0 Å². The van der Waals surface area contributed by atoms with Gasteiger partial charge in [-0.1, -0.05) is 0 Å². The molecule has 0 atom stereocenters. The van der Waals surface area contributed by atoms with Crippen LogP contribution in [0.3, 0.4) is 0 Å². The third kappa shape index (κ3) is 3.95. The summed E-state index contributed by atoms with van der Waals surface area (Å²) in [5, 5.41) is 0. The molecule has 1 rings (SSSR count). The van der Waals surface area contributed by atoms with Crippen LogP contribution < -0.4 is 10.5 Å². The van der Waals surface area contributed by atoms with E-state index >= 15 is 0 Å². The fraction of sp³-hybridized carbons (Fsp3) is 0.500. The molecule has 0 amide bonds. The molecular formula is C10H17N3O3S. The fourth-order valence-electron chi connectivity index (χ4n) is 1.36. The predicted molar refractivity (Wildman–Crippen MR) is 64.9 cm³/mol. The summed E-state index contributed by atoms with van der Waals surface area (Å²) >= 11 is 0. The van der Waals surface area contributed by atoms with E-state index in [2.05, 4.69) is 9.71 Å². The number of pyridine rings is 1. The topological polar surface area (TPSA) is 94.3 Å². The van der Waals surface area contributed by atoms with Crippen LogP contribution in [0.1, 0.15) is 13.8 Å². The first-order valence-electron chi connectivity index (χ1n) is 5.01. The van der Waals surface area contributed by atoms with E-state index in [-0.39, 0.29) is 17.3 Å². The molecule has 0 saturated carbocycles. The van der Waals surface area contributed by atoms with E-state index in [9.17, 15) is 8.42 Å². The van der Waals surface area contributed by atoms with Crippen molar-refractivity contribution in [2.75, 3.05) is 19.5 Å². The summed E-state index contributed by atoms with van der Waals surface area (Å²) in [5.41, 5.74) is 4.71. The maximum atomic E-state index is 12.0. The van der Waals surface area contributed by atoms with Gasteiger partial charge in [-0.25, -0.2) is 18.1 Å². The summed E-state index contributed by atoms with van der Waals surface area (Å²) in [5.74, 6) is 0.278. The highest BCUT2D eigenvalue weighted by atomic mass is 32.2. The molecule has 0 aliphatic rings. The molecule has 6 nitrogen and oxygen atoms in total. The van der Waals surface area contributed by atoms with Crippen molar-refractivity contribution in [1.82, 2.24) is 9.71 Å². The zero-order valence-electron chi connectivity index (χ0n) is 10.1. The number of nitrogens with two attached hydrogens (primary N) is 1. The number of anilines is 1. The number of rotatable bonds is 5. The van der Waals surface area contributed by atoms with Gasteiger partial charge < -0.3 is 10.5 Å². The van der Waals surface area contributed by atoms with Crippen molar-refractivity contribution >= 4 is 15.8 Å². The Morgan fingerprint density at radius 2 is 2.12 bits per heavy atom. The largest absolute Gasteiger partial charge is 0.384 e. The molecule has 3 N–H and O–H groups in total. The molecule has 0 bridgehead atoms. The van der Waals surface area contributed by atoms with Gasteiger partial charge in [-0.2, -0.15) is 0 Å². The van der Waals surface area contributed by atoms with Gasteiger partial charge in [-0.15, -0.1) is 0 Å². The summed E-state index contributed by atoms with van der Waals surface area (Å²) < 4.78 is 31.5. The molecular weight excluding hydrogens is 242 g/mol. The van der Waals surface area contributed by atoms with Crippen molar-refractivity contribution in [3.8, 4) is 0 Å². The van der Waals surface area contributed by atoms with Gasteiger partial charge in [0.2, 0.25) is 10.0 Å². The molecule has 0 aliphatic heterocycles. The molecule has 1 aromatic rings. The van der Waals surface area contributed by atoms with Gasteiger partial charge in [0.1, 0.15) is 10.7 Å². The third-order valence-corrected chi connectivity index (χ3v) is 3.67. The van der Waals surface area contributed by atoms with Crippen LogP contribution in [0.5, 0.6) is 0 Å². The van der Waals surface area contributed by atoms with E-state index in [1.807, 2.05) is 0 Å². The van der Waals surface area contributed by atoms with E-state index in [1.54, 1.807) is 13.8 Å². The van der Waals surface area contributed by atoms with Crippen LogP contribution in [0, 0.1) is 0 Å². The van der Waals surface area contributed by atoms with Crippen molar-refractivity contribution < 1.29 is 13.2 Å². The Hall–Kier alpha value is -1.18. The second-order valence-corrected chi connectivity index (χ2v) is 6.02. The van der Waals surface area contributed by atoms with Crippen molar-refractivity contribution in [3.63, 3.8) is 0 Å². The summed E-state index contributed by atoms with van der Waals surface area (Å²) in [6.07, 6.45) is 1.22. The second-order valence-electron chi connectivity index (χ2n) is 4.34. The Kier molecular flexibility index (Phi) is 4.07. The summed E-state index contributed by atoms with van der Waals surface area (Å²) in [7, 11) is -2.09. The second kappa shape index (κ2) is 4.99. The van der Waals surface area contributed by atoms with Crippen LogP contribution in [0.2, 0.25) is 0 Å². The quantitative estimate of drug-likeness (QED) is 0.796. The fourth-order valence-corrected chi connectivity index (χ4v) is 2.71. The molecule has 0 aromatic carbocycles. The molecule has 7 heteroatoms. The normalized spacial score (nSPS) is 12.6. The van der Waals surface area contributed by atoms with Crippen LogP contribution in [0.15, 0.2) is 23.2 Å². The van der Waals surface area contributed by atoms with Crippen molar-refractivity contribution in [2.24, 2.45) is 0 Å². The number of nitrogens with one attached hydrogen (secondary N) is 1. The zero-order valence-corrected chi connectivity index (χ0v) is 10.9. The predicted octanol–water partition coefficient (Wildman–Crippen LogP) is 0.367. The van der Waals surface area contributed by atoms with Gasteiger partial charge >= 0.3 is 0 Å². The first kappa shape index (κ1) is 13.9. The first-order valence-corrected chi connectivity index (χ1v) is 6.50. The summed E-state index contributed by atoms with van der Waals surface area (Å²) in [6, 6.07) is 2.85. The number of methoxy groups -OCH3 is 1. The minimum absolute atomic E-state index is 0.0795. The molecule has 0 saturated heterocycles. The molecule has 1 aromatic heterocycles. The lowest BCUT2D eigenvalue weighted by atomic mass is 10.1. The Morgan fingerprint density at radius 1 is 1.47 bits per heavy atom. The van der Waals surface area contributed by atoms with E-state index in [0.29, 0.717) is 0 Å². The summed E-state index contributed by atoms with van der Waals surface area (Å²) in [4.78, 5) is 3.83. The van der Waals surface area contributed by atoms with Gasteiger partial charge in [0.25, 0.3) is 0 Å². The van der Waals surface area contributed by atoms with Gasteiger partial charge in [0.05, 0.1) is 12.1 Å². The Bertz CT molecular complexity index is 468. The number of hydrogen-bond donors (Lipinski definition) is 2. The number of aromatic nitrogens is 1. The highest BCUT2D eigenvalue weighted by Crippen LogP contribution is 2.13. The number of nitrogens with zero attached hydrogens (tertiary/aromatic N) is 1. The molecule has 0 unspecified atom stereocenters.